The lowest BCUT2D eigenvalue weighted by molar-refractivity contribution is -0.155. The van der Waals surface area contributed by atoms with E-state index in [-0.39, 0.29) is 6.61 Å². The summed E-state index contributed by atoms with van der Waals surface area (Å²) >= 11 is 0. The minimum Gasteiger partial charge on any atom is -0.482 e. The molecule has 156 valence electrons. The van der Waals surface area contributed by atoms with Crippen LogP contribution in [0, 0.1) is 11.3 Å². The summed E-state index contributed by atoms with van der Waals surface area (Å²) in [5, 5.41) is 14.7. The number of esters is 1. The molecule has 0 aliphatic heterocycles. The highest BCUT2D eigenvalue weighted by atomic mass is 16.6. The van der Waals surface area contributed by atoms with Crippen molar-refractivity contribution in [1.29, 1.82) is 5.26 Å². The van der Waals surface area contributed by atoms with Crippen molar-refractivity contribution in [2.45, 2.75) is 13.0 Å². The maximum Gasteiger partial charge on any atom is 0.344 e. The number of nitrogens with one attached hydrogen (secondary N) is 2. The summed E-state index contributed by atoms with van der Waals surface area (Å²) < 4.78 is 10.5. The second kappa shape index (κ2) is 10.5. The van der Waals surface area contributed by atoms with Gasteiger partial charge in [0.2, 0.25) is 0 Å². The molecule has 2 N–H and O–H groups in total. The highest BCUT2D eigenvalue weighted by molar-refractivity contribution is 5.95. The van der Waals surface area contributed by atoms with E-state index >= 15 is 0 Å². The first kappa shape index (κ1) is 21.4. The highest BCUT2D eigenvalue weighted by Crippen LogP contribution is 2.20. The first-order valence-electron chi connectivity index (χ1n) is 9.59. The third-order valence-electron chi connectivity index (χ3n) is 4.23. The number of anilines is 3. The van der Waals surface area contributed by atoms with Crippen molar-refractivity contribution in [1.82, 2.24) is 0 Å². The molecule has 0 spiro atoms. The van der Waals surface area contributed by atoms with E-state index in [1.54, 1.807) is 36.4 Å². The average Bonchev–Trinajstić information content (AvgIpc) is 2.80. The number of carbonyl (C=O) groups excluding carboxylic acids is 2. The molecule has 7 nitrogen and oxygen atoms in total. The summed E-state index contributed by atoms with van der Waals surface area (Å²) in [5.74, 6) is -0.631. The van der Waals surface area contributed by atoms with Gasteiger partial charge < -0.3 is 20.1 Å². The fraction of sp³-hybridized carbons (Fsp3) is 0.125. The van der Waals surface area contributed by atoms with Crippen molar-refractivity contribution < 1.29 is 19.1 Å². The fourth-order valence-electron chi connectivity index (χ4n) is 2.62. The Morgan fingerprint density at radius 3 is 2.16 bits per heavy atom. The van der Waals surface area contributed by atoms with E-state index < -0.39 is 18.0 Å². The minimum absolute atomic E-state index is 0.319. The van der Waals surface area contributed by atoms with Crippen molar-refractivity contribution in [3.63, 3.8) is 0 Å². The Kier molecular flexibility index (Phi) is 7.22. The van der Waals surface area contributed by atoms with E-state index in [2.05, 4.69) is 10.6 Å². The van der Waals surface area contributed by atoms with Gasteiger partial charge in [-0.3, -0.25) is 4.79 Å². The molecule has 1 amide bonds. The quantitative estimate of drug-likeness (QED) is 0.534. The Labute approximate surface area is 180 Å². The molecule has 0 radical (unpaired) electrons. The van der Waals surface area contributed by atoms with Crippen molar-refractivity contribution >= 4 is 28.9 Å². The standard InChI is InChI=1S/C24H21N3O4/c1-17(24(29)27-21-9-7-18(15-25)8-10-21)31-23(28)16-30-22-13-11-20(12-14-22)26-19-5-3-2-4-6-19/h2-14,17,26H,16H2,1H3,(H,27,29). The molecular weight excluding hydrogens is 394 g/mol. The molecule has 1 atom stereocenters. The maximum atomic E-state index is 12.2. The third-order valence-corrected chi connectivity index (χ3v) is 4.23. The lowest BCUT2D eigenvalue weighted by Crippen LogP contribution is -2.31. The molecule has 3 aromatic carbocycles. The molecule has 3 rings (SSSR count). The molecule has 0 fully saturated rings. The highest BCUT2D eigenvalue weighted by Gasteiger charge is 2.18. The largest absolute Gasteiger partial charge is 0.482 e. The van der Waals surface area contributed by atoms with Crippen LogP contribution < -0.4 is 15.4 Å². The Hall–Kier alpha value is -4.31. The van der Waals surface area contributed by atoms with Crippen LogP contribution in [-0.4, -0.2) is 24.6 Å². The number of hydrogen-bond acceptors (Lipinski definition) is 6. The predicted octanol–water partition coefficient (Wildman–Crippen LogP) is 4.25. The number of nitrogens with zero attached hydrogens (tertiary/aromatic N) is 1. The van der Waals surface area contributed by atoms with Crippen molar-refractivity contribution in [3.05, 3.63) is 84.4 Å². The summed E-state index contributed by atoms with van der Waals surface area (Å²) in [7, 11) is 0. The van der Waals surface area contributed by atoms with Crippen LogP contribution in [0.15, 0.2) is 78.9 Å². The van der Waals surface area contributed by atoms with E-state index in [4.69, 9.17) is 14.7 Å². The molecule has 0 saturated heterocycles. The number of para-hydroxylation sites is 1. The van der Waals surface area contributed by atoms with Crippen LogP contribution in [-0.2, 0) is 14.3 Å². The van der Waals surface area contributed by atoms with Crippen LogP contribution in [0.2, 0.25) is 0 Å². The van der Waals surface area contributed by atoms with Crippen LogP contribution in [0.5, 0.6) is 5.75 Å². The van der Waals surface area contributed by atoms with Gasteiger partial charge in [-0.2, -0.15) is 5.26 Å². The molecule has 0 aliphatic rings. The number of nitriles is 1. The number of benzene rings is 3. The summed E-state index contributed by atoms with van der Waals surface area (Å²) in [4.78, 5) is 24.2. The van der Waals surface area contributed by atoms with Crippen LogP contribution in [0.3, 0.4) is 0 Å². The van der Waals surface area contributed by atoms with E-state index in [0.717, 1.165) is 11.4 Å². The maximum absolute atomic E-state index is 12.2. The first-order valence-corrected chi connectivity index (χ1v) is 9.59. The number of rotatable bonds is 8. The normalized spacial score (nSPS) is 11.0. The Morgan fingerprint density at radius 2 is 1.52 bits per heavy atom. The lowest BCUT2D eigenvalue weighted by atomic mass is 10.2. The number of ether oxygens (including phenoxy) is 2. The van der Waals surface area contributed by atoms with Gasteiger partial charge in [-0.15, -0.1) is 0 Å². The van der Waals surface area contributed by atoms with Crippen LogP contribution in [0.25, 0.3) is 0 Å². The van der Waals surface area contributed by atoms with Gasteiger partial charge in [-0.05, 0) is 67.6 Å². The van der Waals surface area contributed by atoms with Gasteiger partial charge in [0.15, 0.2) is 12.7 Å². The Balaban J connectivity index is 1.43. The number of hydrogen-bond donors (Lipinski definition) is 2. The molecule has 31 heavy (non-hydrogen) atoms. The molecule has 7 heteroatoms. The molecule has 0 aromatic heterocycles. The molecule has 0 aliphatic carbocycles. The Morgan fingerprint density at radius 1 is 0.903 bits per heavy atom. The molecule has 3 aromatic rings. The average molecular weight is 415 g/mol. The van der Waals surface area contributed by atoms with E-state index in [0.29, 0.717) is 17.0 Å². The monoisotopic (exact) mass is 415 g/mol. The lowest BCUT2D eigenvalue weighted by Gasteiger charge is -2.14. The minimum atomic E-state index is -0.996. The van der Waals surface area contributed by atoms with Crippen LogP contribution >= 0.6 is 0 Å². The predicted molar refractivity (Wildman–Crippen MR) is 117 cm³/mol. The van der Waals surface area contributed by atoms with Gasteiger partial charge in [0, 0.05) is 17.1 Å². The smallest absolute Gasteiger partial charge is 0.344 e. The molecule has 0 bridgehead atoms. The van der Waals surface area contributed by atoms with Gasteiger partial charge in [0.05, 0.1) is 11.6 Å². The summed E-state index contributed by atoms with van der Waals surface area (Å²) in [6.45, 7) is 1.15. The summed E-state index contributed by atoms with van der Waals surface area (Å²) in [6, 6.07) is 25.3. The first-order chi connectivity index (χ1) is 15.0. The molecule has 1 unspecified atom stereocenters. The zero-order valence-electron chi connectivity index (χ0n) is 16.9. The number of carbonyl (C=O) groups is 2. The van der Waals surface area contributed by atoms with Gasteiger partial charge in [0.25, 0.3) is 5.91 Å². The van der Waals surface area contributed by atoms with E-state index in [1.165, 1.54) is 6.92 Å². The van der Waals surface area contributed by atoms with Crippen molar-refractivity contribution in [3.8, 4) is 11.8 Å². The molecular formula is C24H21N3O4. The number of amides is 1. The van der Waals surface area contributed by atoms with Gasteiger partial charge in [-0.25, -0.2) is 4.79 Å². The SMILES string of the molecule is CC(OC(=O)COc1ccc(Nc2ccccc2)cc1)C(=O)Nc1ccc(C#N)cc1. The third kappa shape index (κ3) is 6.61. The fourth-order valence-corrected chi connectivity index (χ4v) is 2.62. The summed E-state index contributed by atoms with van der Waals surface area (Å²) in [6.07, 6.45) is -0.996. The van der Waals surface area contributed by atoms with Crippen molar-refractivity contribution in [2.75, 3.05) is 17.2 Å². The second-order valence-corrected chi connectivity index (χ2v) is 6.61. The summed E-state index contributed by atoms with van der Waals surface area (Å²) in [5.41, 5.74) is 2.84. The van der Waals surface area contributed by atoms with Gasteiger partial charge >= 0.3 is 5.97 Å². The van der Waals surface area contributed by atoms with Gasteiger partial charge in [0.1, 0.15) is 5.75 Å². The second-order valence-electron chi connectivity index (χ2n) is 6.61. The molecule has 0 saturated carbocycles. The molecule has 0 heterocycles. The van der Waals surface area contributed by atoms with Crippen LogP contribution in [0.1, 0.15) is 12.5 Å². The van der Waals surface area contributed by atoms with Crippen LogP contribution in [0.4, 0.5) is 17.1 Å². The topological polar surface area (TPSA) is 100 Å². The van der Waals surface area contributed by atoms with E-state index in [1.807, 2.05) is 48.5 Å². The zero-order valence-corrected chi connectivity index (χ0v) is 16.9. The Bertz CT molecular complexity index is 1060. The van der Waals surface area contributed by atoms with Gasteiger partial charge in [-0.1, -0.05) is 18.2 Å². The van der Waals surface area contributed by atoms with E-state index in [9.17, 15) is 9.59 Å². The van der Waals surface area contributed by atoms with Crippen molar-refractivity contribution in [2.24, 2.45) is 0 Å². The zero-order chi connectivity index (χ0) is 22.1.